The number of aromatic nitrogens is 6. The van der Waals surface area contributed by atoms with Crippen molar-refractivity contribution in [2.24, 2.45) is 7.05 Å². The molecule has 0 aliphatic heterocycles. The third-order valence-corrected chi connectivity index (χ3v) is 4.63. The lowest BCUT2D eigenvalue weighted by Gasteiger charge is -2.00. The van der Waals surface area contributed by atoms with Crippen LogP contribution in [0, 0.1) is 6.92 Å². The minimum atomic E-state index is 0.433. The molecule has 3 heterocycles. The molecule has 0 fully saturated rings. The second-order valence-corrected chi connectivity index (χ2v) is 6.16. The van der Waals surface area contributed by atoms with Crippen molar-refractivity contribution in [3.05, 3.63) is 23.0 Å². The Hall–Kier alpha value is -1.25. The Morgan fingerprint density at radius 1 is 1.37 bits per heavy atom. The molecule has 0 aromatic carbocycles. The highest BCUT2D eigenvalue weighted by atomic mass is 35.5. The highest BCUT2D eigenvalue weighted by Gasteiger charge is 2.11. The molecule has 3 rings (SSSR count). The van der Waals surface area contributed by atoms with Gasteiger partial charge in [0.05, 0.1) is 17.3 Å². The van der Waals surface area contributed by atoms with Gasteiger partial charge in [0.15, 0.2) is 9.99 Å². The lowest BCUT2D eigenvalue weighted by atomic mass is 10.4. The third-order valence-electron chi connectivity index (χ3n) is 2.43. The van der Waals surface area contributed by atoms with Crippen molar-refractivity contribution in [3.8, 4) is 0 Å². The predicted molar refractivity (Wildman–Crippen MR) is 75.5 cm³/mol. The zero-order chi connectivity index (χ0) is 13.4. The molecule has 0 bridgehead atoms. The summed E-state index contributed by atoms with van der Waals surface area (Å²) in [4.78, 5) is 13.0. The normalized spacial score (nSPS) is 11.3. The van der Waals surface area contributed by atoms with Crippen LogP contribution in [0.1, 0.15) is 11.6 Å². The van der Waals surface area contributed by atoms with Crippen LogP contribution < -0.4 is 0 Å². The average Bonchev–Trinajstić information content (AvgIpc) is 2.95. The summed E-state index contributed by atoms with van der Waals surface area (Å²) >= 11 is 9.05. The Balaban J connectivity index is 1.86. The second-order valence-electron chi connectivity index (χ2n) is 3.83. The van der Waals surface area contributed by atoms with Gasteiger partial charge in [0, 0.05) is 7.05 Å². The topological polar surface area (TPSA) is 69.4 Å². The first-order chi connectivity index (χ1) is 9.13. The minimum Gasteiger partial charge on any atom is -0.250 e. The molecule has 0 N–H and O–H groups in total. The van der Waals surface area contributed by atoms with Crippen LogP contribution in [0.3, 0.4) is 0 Å². The van der Waals surface area contributed by atoms with E-state index in [1.165, 1.54) is 11.5 Å². The van der Waals surface area contributed by atoms with E-state index in [4.69, 9.17) is 11.6 Å². The van der Waals surface area contributed by atoms with Gasteiger partial charge in [-0.05, 0) is 18.5 Å². The molecule has 0 radical (unpaired) electrons. The summed E-state index contributed by atoms with van der Waals surface area (Å²) in [6.45, 7) is 1.87. The van der Waals surface area contributed by atoms with Gasteiger partial charge in [0.1, 0.15) is 16.8 Å². The minimum absolute atomic E-state index is 0.433. The van der Waals surface area contributed by atoms with Crippen molar-refractivity contribution in [1.29, 1.82) is 0 Å². The first kappa shape index (κ1) is 12.8. The van der Waals surface area contributed by atoms with Crippen molar-refractivity contribution in [1.82, 2.24) is 29.1 Å². The van der Waals surface area contributed by atoms with E-state index in [2.05, 4.69) is 24.4 Å². The molecule has 0 saturated heterocycles. The summed E-state index contributed by atoms with van der Waals surface area (Å²) < 4.78 is 6.72. The summed E-state index contributed by atoms with van der Waals surface area (Å²) in [6.07, 6.45) is 1.67. The smallest absolute Gasteiger partial charge is 0.170 e. The highest BCUT2D eigenvalue weighted by Crippen LogP contribution is 2.25. The molecular weight excluding hydrogens is 304 g/mol. The molecule has 6 nitrogen and oxygen atoms in total. The van der Waals surface area contributed by atoms with Crippen LogP contribution in [0.5, 0.6) is 0 Å². The number of fused-ring (bicyclic) bond motifs is 1. The monoisotopic (exact) mass is 312 g/mol. The lowest BCUT2D eigenvalue weighted by molar-refractivity contribution is 0.782. The molecule has 19 heavy (non-hydrogen) atoms. The van der Waals surface area contributed by atoms with E-state index in [9.17, 15) is 0 Å². The fourth-order valence-electron chi connectivity index (χ4n) is 1.56. The van der Waals surface area contributed by atoms with Gasteiger partial charge in [-0.3, -0.25) is 4.68 Å². The van der Waals surface area contributed by atoms with Crippen LogP contribution in [0.15, 0.2) is 10.5 Å². The van der Waals surface area contributed by atoms with Gasteiger partial charge >= 0.3 is 0 Å². The summed E-state index contributed by atoms with van der Waals surface area (Å²) in [7, 11) is 1.83. The molecule has 3 aromatic rings. The molecule has 3 aromatic heterocycles. The van der Waals surface area contributed by atoms with E-state index in [1.54, 1.807) is 22.6 Å². The number of halogens is 1. The molecule has 0 saturated carbocycles. The van der Waals surface area contributed by atoms with Crippen LogP contribution in [0.4, 0.5) is 0 Å². The molecule has 0 aliphatic rings. The summed E-state index contributed by atoms with van der Waals surface area (Å²) in [5.41, 5.74) is 0.740. The SMILES string of the molecule is Cc1nsc(SCc2nc(Cl)c3cnn(C)c3n2)n1. The fourth-order valence-corrected chi connectivity index (χ4v) is 3.29. The zero-order valence-corrected chi connectivity index (χ0v) is 12.6. The van der Waals surface area contributed by atoms with E-state index in [0.29, 0.717) is 16.7 Å². The lowest BCUT2D eigenvalue weighted by Crippen LogP contribution is -1.98. The Bertz CT molecular complexity index is 737. The van der Waals surface area contributed by atoms with Gasteiger partial charge in [-0.15, -0.1) is 0 Å². The van der Waals surface area contributed by atoms with Crippen molar-refractivity contribution >= 4 is 45.9 Å². The number of hydrogen-bond donors (Lipinski definition) is 0. The maximum Gasteiger partial charge on any atom is 0.170 e. The van der Waals surface area contributed by atoms with E-state index >= 15 is 0 Å². The second kappa shape index (κ2) is 5.03. The molecular formula is C10H9ClN6S2. The van der Waals surface area contributed by atoms with Crippen LogP contribution >= 0.6 is 34.9 Å². The maximum absolute atomic E-state index is 6.12. The van der Waals surface area contributed by atoms with Gasteiger partial charge in [-0.2, -0.15) is 9.47 Å². The van der Waals surface area contributed by atoms with Crippen molar-refractivity contribution in [2.75, 3.05) is 0 Å². The third kappa shape index (κ3) is 2.56. The van der Waals surface area contributed by atoms with Gasteiger partial charge in [-0.25, -0.2) is 15.0 Å². The number of nitrogens with zero attached hydrogens (tertiary/aromatic N) is 6. The molecule has 0 atom stereocenters. The van der Waals surface area contributed by atoms with E-state index in [0.717, 1.165) is 21.2 Å². The Morgan fingerprint density at radius 2 is 2.21 bits per heavy atom. The van der Waals surface area contributed by atoms with Crippen LogP contribution in [0.2, 0.25) is 5.15 Å². The largest absolute Gasteiger partial charge is 0.250 e. The highest BCUT2D eigenvalue weighted by molar-refractivity contribution is 8.00. The fraction of sp³-hybridized carbons (Fsp3) is 0.300. The first-order valence-electron chi connectivity index (χ1n) is 5.40. The quantitative estimate of drug-likeness (QED) is 0.546. The molecule has 0 amide bonds. The van der Waals surface area contributed by atoms with E-state index < -0.39 is 0 Å². The van der Waals surface area contributed by atoms with Crippen molar-refractivity contribution in [2.45, 2.75) is 17.0 Å². The van der Waals surface area contributed by atoms with Crippen LogP contribution in [0.25, 0.3) is 11.0 Å². The predicted octanol–water partition coefficient (Wildman–Crippen LogP) is 2.47. The number of rotatable bonds is 3. The first-order valence-corrected chi connectivity index (χ1v) is 7.54. The van der Waals surface area contributed by atoms with Gasteiger partial charge < -0.3 is 0 Å². The Kier molecular flexibility index (Phi) is 3.38. The Morgan fingerprint density at radius 3 is 2.95 bits per heavy atom. The van der Waals surface area contributed by atoms with Gasteiger partial charge in [-0.1, -0.05) is 23.4 Å². The van der Waals surface area contributed by atoms with Gasteiger partial charge in [0.25, 0.3) is 0 Å². The molecule has 0 unspecified atom stereocenters. The van der Waals surface area contributed by atoms with Crippen molar-refractivity contribution < 1.29 is 0 Å². The summed E-state index contributed by atoms with van der Waals surface area (Å²) in [5.74, 6) is 2.06. The number of hydrogen-bond acceptors (Lipinski definition) is 7. The van der Waals surface area contributed by atoms with Gasteiger partial charge in [0.2, 0.25) is 0 Å². The van der Waals surface area contributed by atoms with E-state index in [-0.39, 0.29) is 0 Å². The molecule has 0 spiro atoms. The molecule has 98 valence electrons. The van der Waals surface area contributed by atoms with Crippen LogP contribution in [-0.4, -0.2) is 29.1 Å². The molecule has 9 heteroatoms. The molecule has 0 aliphatic carbocycles. The van der Waals surface area contributed by atoms with E-state index in [1.807, 2.05) is 14.0 Å². The zero-order valence-electron chi connectivity index (χ0n) is 10.2. The summed E-state index contributed by atoms with van der Waals surface area (Å²) in [5, 5.41) is 5.32. The summed E-state index contributed by atoms with van der Waals surface area (Å²) in [6, 6.07) is 0. The number of thioether (sulfide) groups is 1. The maximum atomic E-state index is 6.12. The van der Waals surface area contributed by atoms with Crippen LogP contribution in [-0.2, 0) is 12.8 Å². The standard InChI is InChI=1S/C10H9ClN6S2/c1-5-13-10(19-16-5)18-4-7-14-8(11)6-3-12-17(2)9(6)15-7/h3H,4H2,1-2H3. The average molecular weight is 313 g/mol. The van der Waals surface area contributed by atoms with Crippen molar-refractivity contribution in [3.63, 3.8) is 0 Å². The number of aryl methyl sites for hydroxylation is 2. The Labute approximate surface area is 122 Å².